The third kappa shape index (κ3) is 5.81. The lowest BCUT2D eigenvalue weighted by Gasteiger charge is -2.14. The van der Waals surface area contributed by atoms with E-state index < -0.39 is 18.0 Å². The Hall–Kier alpha value is -2.47. The first-order valence-electron chi connectivity index (χ1n) is 8.21. The molecular weight excluding hydrogens is 398 g/mol. The van der Waals surface area contributed by atoms with Gasteiger partial charge in [-0.1, -0.05) is 36.4 Å². The highest BCUT2D eigenvalue weighted by molar-refractivity contribution is 9.10. The molecule has 5 nitrogen and oxygen atoms in total. The maximum Gasteiger partial charge on any atom is 0.307 e. The summed E-state index contributed by atoms with van der Waals surface area (Å²) in [5.41, 5.74) is 2.20. The van der Waals surface area contributed by atoms with Crippen molar-refractivity contribution in [3.63, 3.8) is 0 Å². The second-order valence-corrected chi connectivity index (χ2v) is 6.75. The molecule has 0 radical (unpaired) electrons. The van der Waals surface area contributed by atoms with E-state index >= 15 is 0 Å². The smallest absolute Gasteiger partial charge is 0.307 e. The molecule has 26 heavy (non-hydrogen) atoms. The standard InChI is InChI=1S/C20H20BrNO4/c1-13-8-9-17(16(21)12-13)22-20(25)14(2)26-19(24)11-10-18(23)15-6-4-3-5-7-15/h3-9,12,14H,10-11H2,1-2H3,(H,22,25)/t14-/m1/s1. The molecule has 0 unspecified atom stereocenters. The van der Waals surface area contributed by atoms with Crippen LogP contribution in [0.5, 0.6) is 0 Å². The molecule has 1 N–H and O–H groups in total. The Balaban J connectivity index is 1.82. The van der Waals surface area contributed by atoms with Gasteiger partial charge < -0.3 is 10.1 Å². The van der Waals surface area contributed by atoms with E-state index in [1.807, 2.05) is 25.1 Å². The van der Waals surface area contributed by atoms with E-state index in [0.717, 1.165) is 10.0 Å². The van der Waals surface area contributed by atoms with Crippen LogP contribution in [0.2, 0.25) is 0 Å². The van der Waals surface area contributed by atoms with Crippen LogP contribution < -0.4 is 5.32 Å². The molecule has 0 bridgehead atoms. The number of ketones is 1. The second kappa shape index (κ2) is 9.29. The predicted molar refractivity (Wildman–Crippen MR) is 103 cm³/mol. The van der Waals surface area contributed by atoms with Gasteiger partial charge in [0, 0.05) is 16.5 Å². The number of benzene rings is 2. The predicted octanol–water partition coefficient (Wildman–Crippen LogP) is 4.29. The summed E-state index contributed by atoms with van der Waals surface area (Å²) in [5.74, 6) is -1.15. The maximum atomic E-state index is 12.2. The van der Waals surface area contributed by atoms with E-state index in [4.69, 9.17) is 4.74 Å². The van der Waals surface area contributed by atoms with Crippen molar-refractivity contribution in [3.05, 3.63) is 64.1 Å². The highest BCUT2D eigenvalue weighted by Gasteiger charge is 2.19. The molecule has 0 heterocycles. The lowest BCUT2D eigenvalue weighted by Crippen LogP contribution is -2.30. The number of hydrogen-bond acceptors (Lipinski definition) is 4. The minimum Gasteiger partial charge on any atom is -0.453 e. The van der Waals surface area contributed by atoms with Crippen molar-refractivity contribution < 1.29 is 19.1 Å². The number of amides is 1. The van der Waals surface area contributed by atoms with Gasteiger partial charge in [-0.3, -0.25) is 14.4 Å². The molecule has 136 valence electrons. The van der Waals surface area contributed by atoms with Crippen LogP contribution in [0.25, 0.3) is 0 Å². The third-order valence-electron chi connectivity index (χ3n) is 3.71. The average molecular weight is 418 g/mol. The van der Waals surface area contributed by atoms with Crippen LogP contribution >= 0.6 is 15.9 Å². The second-order valence-electron chi connectivity index (χ2n) is 5.89. The molecule has 1 atom stereocenters. The number of rotatable bonds is 7. The Labute approximate surface area is 160 Å². The number of Topliss-reactive ketones (excluding diaryl/α,β-unsaturated/α-hetero) is 1. The quantitative estimate of drug-likeness (QED) is 0.538. The first-order chi connectivity index (χ1) is 12.4. The molecule has 0 saturated carbocycles. The zero-order chi connectivity index (χ0) is 19.1. The molecule has 2 aromatic carbocycles. The van der Waals surface area contributed by atoms with E-state index in [1.54, 1.807) is 30.3 Å². The fraction of sp³-hybridized carbons (Fsp3) is 0.250. The Kier molecular flexibility index (Phi) is 7.09. The fourth-order valence-corrected chi connectivity index (χ4v) is 2.84. The summed E-state index contributed by atoms with van der Waals surface area (Å²) in [6.07, 6.45) is -0.984. The largest absolute Gasteiger partial charge is 0.453 e. The lowest BCUT2D eigenvalue weighted by atomic mass is 10.1. The van der Waals surface area contributed by atoms with Crippen LogP contribution in [0.3, 0.4) is 0 Å². The first-order valence-corrected chi connectivity index (χ1v) is 9.01. The van der Waals surface area contributed by atoms with E-state index in [2.05, 4.69) is 21.2 Å². The van der Waals surface area contributed by atoms with Gasteiger partial charge in [0.05, 0.1) is 12.1 Å². The number of ether oxygens (including phenoxy) is 1. The van der Waals surface area contributed by atoms with Crippen molar-refractivity contribution in [2.45, 2.75) is 32.8 Å². The van der Waals surface area contributed by atoms with E-state index in [0.29, 0.717) is 11.3 Å². The molecule has 2 rings (SSSR count). The van der Waals surface area contributed by atoms with Crippen molar-refractivity contribution in [1.29, 1.82) is 0 Å². The lowest BCUT2D eigenvalue weighted by molar-refractivity contribution is -0.153. The normalized spacial score (nSPS) is 11.5. The molecule has 0 fully saturated rings. The van der Waals surface area contributed by atoms with Crippen molar-refractivity contribution in [1.82, 2.24) is 0 Å². The summed E-state index contributed by atoms with van der Waals surface area (Å²) in [7, 11) is 0. The van der Waals surface area contributed by atoms with E-state index in [1.165, 1.54) is 6.92 Å². The molecule has 2 aromatic rings. The van der Waals surface area contributed by atoms with Crippen LogP contribution in [0.15, 0.2) is 53.0 Å². The summed E-state index contributed by atoms with van der Waals surface area (Å²) in [5, 5.41) is 2.70. The zero-order valence-electron chi connectivity index (χ0n) is 14.6. The monoisotopic (exact) mass is 417 g/mol. The molecule has 0 aliphatic carbocycles. The number of nitrogens with one attached hydrogen (secondary N) is 1. The summed E-state index contributed by atoms with van der Waals surface area (Å²) in [6, 6.07) is 14.3. The number of esters is 1. The minimum atomic E-state index is -0.956. The summed E-state index contributed by atoms with van der Waals surface area (Å²) >= 11 is 3.38. The molecular formula is C20H20BrNO4. The van der Waals surface area contributed by atoms with Crippen LogP contribution in [-0.2, 0) is 14.3 Å². The number of halogens is 1. The van der Waals surface area contributed by atoms with Gasteiger partial charge in [-0.2, -0.15) is 0 Å². The van der Waals surface area contributed by atoms with Crippen LogP contribution in [0.4, 0.5) is 5.69 Å². The maximum absolute atomic E-state index is 12.2. The van der Waals surface area contributed by atoms with Gasteiger partial charge >= 0.3 is 5.97 Å². The van der Waals surface area contributed by atoms with Crippen molar-refractivity contribution in [2.75, 3.05) is 5.32 Å². The summed E-state index contributed by atoms with van der Waals surface area (Å²) < 4.78 is 5.86. The van der Waals surface area contributed by atoms with Gasteiger partial charge in [0.15, 0.2) is 11.9 Å². The van der Waals surface area contributed by atoms with Crippen molar-refractivity contribution >= 4 is 39.3 Å². The van der Waals surface area contributed by atoms with Gasteiger partial charge in [-0.15, -0.1) is 0 Å². The van der Waals surface area contributed by atoms with E-state index in [-0.39, 0.29) is 18.6 Å². The van der Waals surface area contributed by atoms with Crippen molar-refractivity contribution in [2.24, 2.45) is 0 Å². The molecule has 1 amide bonds. The Morgan fingerprint density at radius 3 is 2.42 bits per heavy atom. The number of anilines is 1. The van der Waals surface area contributed by atoms with Crippen LogP contribution in [0, 0.1) is 6.92 Å². The molecule has 0 saturated heterocycles. The first kappa shape index (κ1) is 19.8. The van der Waals surface area contributed by atoms with Crippen molar-refractivity contribution in [3.8, 4) is 0 Å². The highest BCUT2D eigenvalue weighted by Crippen LogP contribution is 2.23. The topological polar surface area (TPSA) is 72.5 Å². The van der Waals surface area contributed by atoms with Gasteiger partial charge in [0.25, 0.3) is 5.91 Å². The van der Waals surface area contributed by atoms with Gasteiger partial charge in [0.2, 0.25) is 0 Å². The van der Waals surface area contributed by atoms with Crippen LogP contribution in [0.1, 0.15) is 35.7 Å². The Bertz CT molecular complexity index is 805. The average Bonchev–Trinajstić information content (AvgIpc) is 2.62. The number of aryl methyl sites for hydroxylation is 1. The number of carbonyl (C=O) groups is 3. The highest BCUT2D eigenvalue weighted by atomic mass is 79.9. The van der Waals surface area contributed by atoms with Gasteiger partial charge in [-0.25, -0.2) is 0 Å². The van der Waals surface area contributed by atoms with Gasteiger partial charge in [0.1, 0.15) is 0 Å². The van der Waals surface area contributed by atoms with E-state index in [9.17, 15) is 14.4 Å². The van der Waals surface area contributed by atoms with Gasteiger partial charge in [-0.05, 0) is 47.5 Å². The molecule has 6 heteroatoms. The molecule has 0 spiro atoms. The molecule has 0 aliphatic heterocycles. The number of carbonyl (C=O) groups excluding carboxylic acids is 3. The zero-order valence-corrected chi connectivity index (χ0v) is 16.2. The minimum absolute atomic E-state index is 0.0424. The third-order valence-corrected chi connectivity index (χ3v) is 4.37. The Morgan fingerprint density at radius 2 is 1.77 bits per heavy atom. The van der Waals surface area contributed by atoms with Crippen LogP contribution in [-0.4, -0.2) is 23.8 Å². The number of hydrogen-bond donors (Lipinski definition) is 1. The summed E-state index contributed by atoms with van der Waals surface area (Å²) in [6.45, 7) is 3.44. The Morgan fingerprint density at radius 1 is 1.08 bits per heavy atom. The SMILES string of the molecule is Cc1ccc(NC(=O)[C@@H](C)OC(=O)CCC(=O)c2ccccc2)c(Br)c1. The summed E-state index contributed by atoms with van der Waals surface area (Å²) in [4.78, 5) is 36.0. The molecule has 0 aliphatic rings. The fourth-order valence-electron chi connectivity index (χ4n) is 2.25. The molecule has 0 aromatic heterocycles.